The molecule has 1 rings (SSSR count). The minimum Gasteiger partial charge on any atom is -0.476 e. The average Bonchev–Trinajstić information content (AvgIpc) is 2.81. The third-order valence-corrected chi connectivity index (χ3v) is 2.39. The molecule has 1 aromatic heterocycles. The highest BCUT2D eigenvalue weighted by Crippen LogP contribution is 2.07. The summed E-state index contributed by atoms with van der Waals surface area (Å²) in [5, 5.41) is 20.7. The molecular formula is C11H18N2O5. The van der Waals surface area contributed by atoms with E-state index in [1.165, 1.54) is 6.07 Å². The van der Waals surface area contributed by atoms with Crippen molar-refractivity contribution in [3.63, 3.8) is 0 Å². The van der Waals surface area contributed by atoms with Crippen molar-refractivity contribution in [1.29, 1.82) is 0 Å². The second kappa shape index (κ2) is 7.80. The number of aromatic nitrogens is 1. The zero-order chi connectivity index (χ0) is 13.4. The van der Waals surface area contributed by atoms with Gasteiger partial charge in [-0.3, -0.25) is 4.90 Å². The zero-order valence-electron chi connectivity index (χ0n) is 10.3. The smallest absolute Gasteiger partial charge is 0.358 e. The van der Waals surface area contributed by atoms with E-state index in [4.69, 9.17) is 19.5 Å². The summed E-state index contributed by atoms with van der Waals surface area (Å²) in [4.78, 5) is 12.7. The number of aliphatic hydroxyl groups is 1. The summed E-state index contributed by atoms with van der Waals surface area (Å²) in [7, 11) is 0. The lowest BCUT2D eigenvalue weighted by atomic mass is 10.3. The van der Waals surface area contributed by atoms with Crippen LogP contribution in [-0.2, 0) is 11.3 Å². The zero-order valence-corrected chi connectivity index (χ0v) is 10.3. The summed E-state index contributed by atoms with van der Waals surface area (Å²) >= 11 is 0. The van der Waals surface area contributed by atoms with Crippen molar-refractivity contribution in [3.8, 4) is 0 Å². The van der Waals surface area contributed by atoms with E-state index in [1.54, 1.807) is 0 Å². The molecule has 0 aromatic carbocycles. The number of carboxylic acid groups (broad SMARTS) is 1. The third kappa shape index (κ3) is 4.82. The Labute approximate surface area is 105 Å². The van der Waals surface area contributed by atoms with Crippen LogP contribution in [-0.4, -0.2) is 59.1 Å². The number of aromatic carboxylic acids is 1. The predicted octanol–water partition coefficient (Wildman–Crippen LogP) is 0.204. The summed E-state index contributed by atoms with van der Waals surface area (Å²) in [5.41, 5.74) is -0.0856. The summed E-state index contributed by atoms with van der Waals surface area (Å²) in [5.74, 6) is -0.587. The minimum atomic E-state index is -1.10. The molecule has 0 aliphatic rings. The van der Waals surface area contributed by atoms with Crippen LogP contribution in [0, 0.1) is 0 Å². The second-order valence-corrected chi connectivity index (χ2v) is 3.69. The molecule has 2 N–H and O–H groups in total. The Morgan fingerprint density at radius 1 is 1.56 bits per heavy atom. The Hall–Kier alpha value is -1.44. The van der Waals surface area contributed by atoms with Crippen molar-refractivity contribution in [2.75, 3.05) is 32.9 Å². The molecule has 0 spiro atoms. The first kappa shape index (κ1) is 14.6. The van der Waals surface area contributed by atoms with Gasteiger partial charge >= 0.3 is 5.97 Å². The van der Waals surface area contributed by atoms with Crippen molar-refractivity contribution in [2.24, 2.45) is 0 Å². The molecular weight excluding hydrogens is 240 g/mol. The number of likely N-dealkylation sites (N-methyl/N-ethyl adjacent to an activating group) is 1. The van der Waals surface area contributed by atoms with Crippen molar-refractivity contribution in [1.82, 2.24) is 10.1 Å². The third-order valence-electron chi connectivity index (χ3n) is 2.39. The number of carbonyl (C=O) groups is 1. The number of carboxylic acids is 1. The Bertz CT molecular complexity index is 366. The summed E-state index contributed by atoms with van der Waals surface area (Å²) in [6.45, 7) is 4.78. The van der Waals surface area contributed by atoms with Crippen LogP contribution in [0.25, 0.3) is 0 Å². The lowest BCUT2D eigenvalue weighted by molar-refractivity contribution is 0.0684. The van der Waals surface area contributed by atoms with E-state index in [0.717, 1.165) is 6.54 Å². The maximum absolute atomic E-state index is 10.6. The molecule has 0 saturated carbocycles. The van der Waals surface area contributed by atoms with Gasteiger partial charge in [0.15, 0.2) is 11.5 Å². The number of rotatable bonds is 9. The van der Waals surface area contributed by atoms with Gasteiger partial charge in [-0.2, -0.15) is 0 Å². The molecule has 0 saturated heterocycles. The van der Waals surface area contributed by atoms with Crippen LogP contribution < -0.4 is 0 Å². The van der Waals surface area contributed by atoms with E-state index in [9.17, 15) is 4.79 Å². The highest BCUT2D eigenvalue weighted by molar-refractivity contribution is 5.85. The first-order valence-electron chi connectivity index (χ1n) is 5.77. The molecule has 0 unspecified atom stereocenters. The maximum Gasteiger partial charge on any atom is 0.358 e. The Kier molecular flexibility index (Phi) is 6.34. The van der Waals surface area contributed by atoms with Gasteiger partial charge in [0.1, 0.15) is 0 Å². The van der Waals surface area contributed by atoms with Crippen LogP contribution in [0.2, 0.25) is 0 Å². The average molecular weight is 258 g/mol. The van der Waals surface area contributed by atoms with Crippen LogP contribution >= 0.6 is 0 Å². The van der Waals surface area contributed by atoms with Gasteiger partial charge in [0.05, 0.1) is 26.4 Å². The molecule has 1 heterocycles. The summed E-state index contributed by atoms with van der Waals surface area (Å²) < 4.78 is 10.1. The highest BCUT2D eigenvalue weighted by Gasteiger charge is 2.13. The number of hydrogen-bond acceptors (Lipinski definition) is 6. The molecule has 0 aliphatic heterocycles. The molecule has 0 bridgehead atoms. The maximum atomic E-state index is 10.6. The Morgan fingerprint density at radius 3 is 2.89 bits per heavy atom. The first-order chi connectivity index (χ1) is 8.67. The van der Waals surface area contributed by atoms with Crippen molar-refractivity contribution >= 4 is 5.97 Å². The molecule has 0 amide bonds. The van der Waals surface area contributed by atoms with Gasteiger partial charge in [-0.1, -0.05) is 12.1 Å². The van der Waals surface area contributed by atoms with E-state index >= 15 is 0 Å². The minimum absolute atomic E-state index is 0.0101. The van der Waals surface area contributed by atoms with E-state index in [-0.39, 0.29) is 12.3 Å². The number of ether oxygens (including phenoxy) is 1. The Balaban J connectivity index is 2.39. The fourth-order valence-electron chi connectivity index (χ4n) is 1.42. The molecule has 0 fully saturated rings. The normalized spacial score (nSPS) is 11.1. The standard InChI is InChI=1S/C11H18N2O5/c1-2-13(3-5-17-6-4-14)8-9-7-10(11(15)16)12-18-9/h7,14H,2-6,8H2,1H3,(H,15,16). The molecule has 0 radical (unpaired) electrons. The van der Waals surface area contributed by atoms with Gasteiger partial charge < -0.3 is 19.5 Å². The fraction of sp³-hybridized carbons (Fsp3) is 0.636. The number of nitrogens with zero attached hydrogens (tertiary/aromatic N) is 2. The lowest BCUT2D eigenvalue weighted by Crippen LogP contribution is -2.27. The van der Waals surface area contributed by atoms with Crippen LogP contribution in [0.4, 0.5) is 0 Å². The van der Waals surface area contributed by atoms with Crippen molar-refractivity contribution in [3.05, 3.63) is 17.5 Å². The Morgan fingerprint density at radius 2 is 2.33 bits per heavy atom. The largest absolute Gasteiger partial charge is 0.476 e. The van der Waals surface area contributed by atoms with E-state index < -0.39 is 5.97 Å². The SMILES string of the molecule is CCN(CCOCCO)Cc1cc(C(=O)O)no1. The first-order valence-corrected chi connectivity index (χ1v) is 5.77. The van der Waals surface area contributed by atoms with E-state index in [0.29, 0.717) is 32.1 Å². The van der Waals surface area contributed by atoms with E-state index in [1.807, 2.05) is 11.8 Å². The van der Waals surface area contributed by atoms with Crippen molar-refractivity contribution in [2.45, 2.75) is 13.5 Å². The monoisotopic (exact) mass is 258 g/mol. The topological polar surface area (TPSA) is 96.0 Å². The van der Waals surface area contributed by atoms with Gasteiger partial charge in [-0.15, -0.1) is 0 Å². The van der Waals surface area contributed by atoms with Crippen LogP contribution in [0.1, 0.15) is 23.2 Å². The van der Waals surface area contributed by atoms with Crippen molar-refractivity contribution < 1.29 is 24.3 Å². The van der Waals surface area contributed by atoms with Gasteiger partial charge in [-0.05, 0) is 6.54 Å². The summed E-state index contributed by atoms with van der Waals surface area (Å²) in [6, 6.07) is 1.42. The van der Waals surface area contributed by atoms with Gasteiger partial charge in [0, 0.05) is 12.6 Å². The molecule has 7 heteroatoms. The van der Waals surface area contributed by atoms with Gasteiger partial charge in [0.2, 0.25) is 0 Å². The molecule has 0 aliphatic carbocycles. The van der Waals surface area contributed by atoms with Gasteiger partial charge in [-0.25, -0.2) is 4.79 Å². The highest BCUT2D eigenvalue weighted by atomic mass is 16.5. The van der Waals surface area contributed by atoms with E-state index in [2.05, 4.69) is 5.16 Å². The molecule has 7 nitrogen and oxygen atoms in total. The number of aliphatic hydroxyl groups excluding tert-OH is 1. The van der Waals surface area contributed by atoms with Gasteiger partial charge in [0.25, 0.3) is 0 Å². The number of hydrogen-bond donors (Lipinski definition) is 2. The fourth-order valence-corrected chi connectivity index (χ4v) is 1.42. The summed E-state index contributed by atoms with van der Waals surface area (Å²) in [6.07, 6.45) is 0. The quantitative estimate of drug-likeness (QED) is 0.611. The van der Waals surface area contributed by atoms with Crippen LogP contribution in [0.15, 0.2) is 10.6 Å². The van der Waals surface area contributed by atoms with Crippen LogP contribution in [0.3, 0.4) is 0 Å². The molecule has 18 heavy (non-hydrogen) atoms. The second-order valence-electron chi connectivity index (χ2n) is 3.69. The van der Waals surface area contributed by atoms with Crippen LogP contribution in [0.5, 0.6) is 0 Å². The molecule has 102 valence electrons. The molecule has 0 atom stereocenters. The predicted molar refractivity (Wildman–Crippen MR) is 62.3 cm³/mol. The lowest BCUT2D eigenvalue weighted by Gasteiger charge is -2.18. The molecule has 1 aromatic rings.